The fourth-order valence-corrected chi connectivity index (χ4v) is 11.0. The van der Waals surface area contributed by atoms with Crippen molar-refractivity contribution in [3.05, 3.63) is 71.8 Å². The molecule has 4 atom stereocenters. The van der Waals surface area contributed by atoms with Gasteiger partial charge in [-0.25, -0.2) is 9.59 Å². The Hall–Kier alpha value is -7.00. The van der Waals surface area contributed by atoms with Crippen LogP contribution in [-0.4, -0.2) is 363 Å². The van der Waals surface area contributed by atoms with Gasteiger partial charge in [0.05, 0.1) is 238 Å². The number of alkyl carbamates (subject to hydrolysis) is 2. The van der Waals surface area contributed by atoms with Crippen molar-refractivity contribution in [1.29, 1.82) is 0 Å². The second-order valence-corrected chi connectivity index (χ2v) is 31.0. The highest BCUT2D eigenvalue weighted by Gasteiger charge is 2.40. The Morgan fingerprint density at radius 1 is 0.270 bits per heavy atom. The fraction of sp³-hybridized carbons (Fsp3) is 0.773. The lowest BCUT2D eigenvalue weighted by Crippen LogP contribution is -2.66. The Morgan fingerprint density at radius 3 is 0.738 bits per heavy atom. The zero-order chi connectivity index (χ0) is 91.6. The summed E-state index contributed by atoms with van der Waals surface area (Å²) in [5.74, 6) is -4.12. The van der Waals surface area contributed by atoms with Crippen molar-refractivity contribution in [2.45, 2.75) is 143 Å². The topological polar surface area (TPSA) is 436 Å². The van der Waals surface area contributed by atoms with Crippen LogP contribution in [-0.2, 0) is 146 Å². The van der Waals surface area contributed by atoms with E-state index in [4.69, 9.17) is 104 Å². The molecule has 0 saturated carbocycles. The van der Waals surface area contributed by atoms with Crippen LogP contribution in [0.25, 0.3) is 0 Å². The molecule has 38 nitrogen and oxygen atoms in total. The van der Waals surface area contributed by atoms with Crippen molar-refractivity contribution in [2.24, 2.45) is 10.8 Å². The SMILES string of the molecule is COCCOCCOCCOCCOCCOCCOCCOCCOCCOCC(=O)NCCCC[C@H](NC(=O)C(NC(=O)OCc1ccccc1)C(NC(=O)OCc1ccccc1)C(=O)N[C@@H](CCCCNC(=O)COCCOCCOCCOCCOCCOCCOCCOCCOCCOC)C(=O)NCCCC(C)(C)C)C(=O)NCCCC(C)(C)C. The van der Waals surface area contributed by atoms with Crippen LogP contribution in [0.1, 0.15) is 117 Å². The van der Waals surface area contributed by atoms with E-state index in [0.717, 1.165) is 12.8 Å². The normalized spacial score (nSPS) is 12.5. The van der Waals surface area contributed by atoms with Crippen molar-refractivity contribution < 1.29 is 143 Å². The number of carbonyl (C=O) groups is 8. The Balaban J connectivity index is 2.01. The van der Waals surface area contributed by atoms with Crippen LogP contribution in [0.2, 0.25) is 0 Å². The van der Waals surface area contributed by atoms with Crippen LogP contribution < -0.4 is 42.5 Å². The zero-order valence-electron chi connectivity index (χ0n) is 76.5. The zero-order valence-corrected chi connectivity index (χ0v) is 76.5. The molecule has 0 aromatic heterocycles. The van der Waals surface area contributed by atoms with Gasteiger partial charge in [-0.3, -0.25) is 28.8 Å². The molecule has 0 bridgehead atoms. The van der Waals surface area contributed by atoms with Gasteiger partial charge in [-0.15, -0.1) is 0 Å². The Bertz CT molecular complexity index is 2780. The summed E-state index contributed by atoms with van der Waals surface area (Å²) in [6.07, 6.45) is 1.63. The number of unbranched alkanes of at least 4 members (excludes halogenated alkanes) is 2. The lowest BCUT2D eigenvalue weighted by molar-refractivity contribution is -0.134. The molecule has 0 spiro atoms. The highest BCUT2D eigenvalue weighted by atomic mass is 16.6. The molecule has 0 aliphatic heterocycles. The van der Waals surface area contributed by atoms with Crippen LogP contribution in [0.15, 0.2) is 60.7 Å². The standard InChI is InChI=1S/C88H154N8O30/c1-87(2,3)27-19-31-91-81(99)75(25-15-17-29-89-77(97)71-123-67-65-121-63-61-119-59-57-117-55-53-115-51-49-113-47-45-111-43-41-109-39-37-107-35-33-105-7)93-83(101)79(95-85(103)125-69-73-21-11-9-12-22-73)80(96-86(104)126-70-74-23-13-10-14-24-74)84(102)94-76(82(100)92-32-20-28-88(4,5)6)26-16-18-30-90-78(98)72-124-68-66-122-64-62-120-60-58-118-56-54-116-52-50-114-48-46-112-44-42-110-40-38-108-36-34-106-8/h9-14,21-24,75-76,79-80H,15-20,25-72H2,1-8H3,(H,89,97)(H,90,98)(H,91,99)(H,92,100)(H,93,101)(H,94,102)(H,95,103)(H,96,104)/t75-,76-,79?,80?/m0/s1. The lowest BCUT2D eigenvalue weighted by atomic mass is 9.90. The third-order valence-corrected chi connectivity index (χ3v) is 17.7. The van der Waals surface area contributed by atoms with Crippen molar-refractivity contribution >= 4 is 47.6 Å². The van der Waals surface area contributed by atoms with E-state index < -0.39 is 71.8 Å². The number of nitrogens with one attached hydrogen (secondary N) is 8. The molecule has 0 fully saturated rings. The van der Waals surface area contributed by atoms with E-state index in [-0.39, 0.29) is 116 Å². The molecule has 2 rings (SSSR count). The molecule has 0 aliphatic rings. The fourth-order valence-electron chi connectivity index (χ4n) is 11.0. The predicted octanol–water partition coefficient (Wildman–Crippen LogP) is 4.60. The molecular formula is C88H154N8O30. The summed E-state index contributed by atoms with van der Waals surface area (Å²) in [6.45, 7) is 27.1. The minimum absolute atomic E-state index is 0.0127. The van der Waals surface area contributed by atoms with Gasteiger partial charge in [-0.1, -0.05) is 102 Å². The van der Waals surface area contributed by atoms with E-state index in [1.54, 1.807) is 74.9 Å². The monoisotopic (exact) mass is 1800 g/mol. The van der Waals surface area contributed by atoms with E-state index in [1.165, 1.54) is 0 Å². The smallest absolute Gasteiger partial charge is 0.408 e. The highest BCUT2D eigenvalue weighted by molar-refractivity contribution is 5.99. The molecule has 2 aromatic carbocycles. The van der Waals surface area contributed by atoms with Gasteiger partial charge in [0.25, 0.3) is 0 Å². The summed E-state index contributed by atoms with van der Waals surface area (Å²) in [6, 6.07) is 10.7. The Kier molecular flexibility index (Phi) is 74.2. The molecule has 2 aromatic rings. The molecule has 126 heavy (non-hydrogen) atoms. The first-order valence-corrected chi connectivity index (χ1v) is 44.2. The summed E-state index contributed by atoms with van der Waals surface area (Å²) in [5, 5.41) is 21.9. The number of amides is 8. The first kappa shape index (κ1) is 115. The predicted molar refractivity (Wildman–Crippen MR) is 467 cm³/mol. The van der Waals surface area contributed by atoms with Crippen LogP contribution in [0.4, 0.5) is 9.59 Å². The van der Waals surface area contributed by atoms with Gasteiger partial charge in [0.2, 0.25) is 35.4 Å². The number of hydrogen-bond acceptors (Lipinski definition) is 30. The highest BCUT2D eigenvalue weighted by Crippen LogP contribution is 2.21. The maximum absolute atomic E-state index is 15.2. The molecule has 0 aliphatic carbocycles. The van der Waals surface area contributed by atoms with E-state index in [1.807, 2.05) is 0 Å². The minimum atomic E-state index is -2.04. The van der Waals surface area contributed by atoms with Crippen molar-refractivity contribution in [2.75, 3.05) is 291 Å². The number of ether oxygens (including phenoxy) is 22. The molecule has 0 radical (unpaired) electrons. The van der Waals surface area contributed by atoms with Gasteiger partial charge >= 0.3 is 12.2 Å². The van der Waals surface area contributed by atoms with Crippen molar-refractivity contribution in [3.8, 4) is 0 Å². The van der Waals surface area contributed by atoms with Gasteiger partial charge in [0.15, 0.2) is 0 Å². The second kappa shape index (κ2) is 81.2. The largest absolute Gasteiger partial charge is 0.445 e. The summed E-state index contributed by atoms with van der Waals surface area (Å²) >= 11 is 0. The number of rotatable bonds is 87. The lowest BCUT2D eigenvalue weighted by Gasteiger charge is -2.30. The van der Waals surface area contributed by atoms with E-state index >= 15 is 9.59 Å². The van der Waals surface area contributed by atoms with E-state index in [0.29, 0.717) is 248 Å². The molecule has 0 saturated heterocycles. The molecule has 2 unspecified atom stereocenters. The molecule has 0 heterocycles. The summed E-state index contributed by atoms with van der Waals surface area (Å²) < 4.78 is 120. The number of carbonyl (C=O) groups excluding carboxylic acids is 8. The molecule has 726 valence electrons. The first-order valence-electron chi connectivity index (χ1n) is 44.2. The van der Waals surface area contributed by atoms with Crippen molar-refractivity contribution in [1.82, 2.24) is 42.5 Å². The molecular weight excluding hydrogens is 1650 g/mol. The third kappa shape index (κ3) is 72.9. The van der Waals surface area contributed by atoms with Crippen LogP contribution >= 0.6 is 0 Å². The van der Waals surface area contributed by atoms with E-state index in [2.05, 4.69) is 84.1 Å². The average molecular weight is 1800 g/mol. The number of hydrogen-bond donors (Lipinski definition) is 8. The Labute approximate surface area is 746 Å². The Morgan fingerprint density at radius 2 is 0.500 bits per heavy atom. The third-order valence-electron chi connectivity index (χ3n) is 17.7. The van der Waals surface area contributed by atoms with Gasteiger partial charge in [-0.2, -0.15) is 0 Å². The first-order chi connectivity index (χ1) is 61.2. The maximum Gasteiger partial charge on any atom is 0.408 e. The van der Waals surface area contributed by atoms with Crippen molar-refractivity contribution in [3.63, 3.8) is 0 Å². The minimum Gasteiger partial charge on any atom is -0.445 e. The average Bonchev–Trinajstić information content (AvgIpc) is 0.827. The maximum atomic E-state index is 15.2. The van der Waals surface area contributed by atoms with Crippen LogP contribution in [0.3, 0.4) is 0 Å². The van der Waals surface area contributed by atoms with Gasteiger partial charge in [0, 0.05) is 40.4 Å². The van der Waals surface area contributed by atoms with E-state index in [9.17, 15) is 28.8 Å². The van der Waals surface area contributed by atoms with Crippen LogP contribution in [0.5, 0.6) is 0 Å². The second-order valence-electron chi connectivity index (χ2n) is 31.0. The van der Waals surface area contributed by atoms with Gasteiger partial charge < -0.3 is 147 Å². The summed E-state index contributed by atoms with van der Waals surface area (Å²) in [4.78, 5) is 113. The molecule has 8 N–H and O–H groups in total. The summed E-state index contributed by atoms with van der Waals surface area (Å²) in [7, 11) is 3.25. The van der Waals surface area contributed by atoms with Crippen LogP contribution in [0, 0.1) is 10.8 Å². The quantitative estimate of drug-likeness (QED) is 0.0420. The van der Waals surface area contributed by atoms with Gasteiger partial charge in [0.1, 0.15) is 50.6 Å². The number of benzene rings is 2. The molecule has 8 amide bonds. The molecule has 38 heteroatoms. The summed E-state index contributed by atoms with van der Waals surface area (Å²) in [5.41, 5.74) is 1.06. The van der Waals surface area contributed by atoms with Gasteiger partial charge in [-0.05, 0) is 86.2 Å². The number of methoxy groups -OCH3 is 2.